The molecule has 0 spiro atoms. The Balaban J connectivity index is 1.86. The molecule has 20 heavy (non-hydrogen) atoms. The molecular weight excluding hydrogens is 288 g/mol. The van der Waals surface area contributed by atoms with Crippen LogP contribution >= 0.6 is 23.1 Å². The van der Waals surface area contributed by atoms with Crippen LogP contribution in [0.3, 0.4) is 0 Å². The molecule has 3 heterocycles. The highest BCUT2D eigenvalue weighted by molar-refractivity contribution is 7.99. The van der Waals surface area contributed by atoms with Gasteiger partial charge in [-0.25, -0.2) is 9.97 Å². The maximum Gasteiger partial charge on any atom is 0.146 e. The van der Waals surface area contributed by atoms with Gasteiger partial charge in [0.05, 0.1) is 11.9 Å². The van der Waals surface area contributed by atoms with Crippen molar-refractivity contribution >= 4 is 39.1 Å². The van der Waals surface area contributed by atoms with E-state index in [2.05, 4.69) is 35.5 Å². The van der Waals surface area contributed by atoms with Crippen molar-refractivity contribution in [3.63, 3.8) is 0 Å². The highest BCUT2D eigenvalue weighted by atomic mass is 32.2. The zero-order valence-electron chi connectivity index (χ0n) is 11.9. The van der Waals surface area contributed by atoms with Crippen LogP contribution in [-0.4, -0.2) is 45.5 Å². The van der Waals surface area contributed by atoms with Gasteiger partial charge in [-0.2, -0.15) is 11.8 Å². The third-order valence-corrected chi connectivity index (χ3v) is 5.56. The van der Waals surface area contributed by atoms with E-state index in [1.807, 2.05) is 11.8 Å². The molecule has 2 aromatic rings. The molecule has 108 valence electrons. The van der Waals surface area contributed by atoms with Crippen molar-refractivity contribution in [2.24, 2.45) is 0 Å². The van der Waals surface area contributed by atoms with Crippen molar-refractivity contribution < 1.29 is 0 Å². The van der Waals surface area contributed by atoms with Gasteiger partial charge in [-0.3, -0.25) is 4.90 Å². The lowest BCUT2D eigenvalue weighted by Gasteiger charge is -2.32. The van der Waals surface area contributed by atoms with Gasteiger partial charge < -0.3 is 5.32 Å². The summed E-state index contributed by atoms with van der Waals surface area (Å²) in [4.78, 5) is 13.0. The molecule has 2 aromatic heterocycles. The Hall–Kier alpha value is -0.850. The van der Waals surface area contributed by atoms with Gasteiger partial charge in [0.1, 0.15) is 16.5 Å². The lowest BCUT2D eigenvalue weighted by molar-refractivity contribution is 0.219. The van der Waals surface area contributed by atoms with Gasteiger partial charge in [0.25, 0.3) is 0 Å². The fourth-order valence-corrected chi connectivity index (χ4v) is 4.32. The van der Waals surface area contributed by atoms with E-state index in [-0.39, 0.29) is 0 Å². The lowest BCUT2D eigenvalue weighted by atomic mass is 10.3. The minimum absolute atomic E-state index is 0.610. The minimum Gasteiger partial charge on any atom is -0.370 e. The van der Waals surface area contributed by atoms with Crippen LogP contribution in [-0.2, 0) is 6.54 Å². The Morgan fingerprint density at radius 2 is 2.35 bits per heavy atom. The lowest BCUT2D eigenvalue weighted by Crippen LogP contribution is -2.40. The Kier molecular flexibility index (Phi) is 4.43. The summed E-state index contributed by atoms with van der Waals surface area (Å²) in [6.07, 6.45) is 0. The maximum atomic E-state index is 4.73. The fraction of sp³-hybridized carbons (Fsp3) is 0.571. The average Bonchev–Trinajstić information content (AvgIpc) is 2.90. The van der Waals surface area contributed by atoms with Crippen LogP contribution < -0.4 is 5.32 Å². The van der Waals surface area contributed by atoms with Gasteiger partial charge >= 0.3 is 0 Å². The zero-order valence-corrected chi connectivity index (χ0v) is 13.6. The molecule has 1 aliphatic heterocycles. The maximum absolute atomic E-state index is 4.73. The topological polar surface area (TPSA) is 41.1 Å². The summed E-state index contributed by atoms with van der Waals surface area (Å²) in [5.41, 5.74) is 0. The zero-order chi connectivity index (χ0) is 13.9. The van der Waals surface area contributed by atoms with Gasteiger partial charge in [0.2, 0.25) is 0 Å². The van der Waals surface area contributed by atoms with Crippen LogP contribution in [0.25, 0.3) is 10.2 Å². The predicted octanol–water partition coefficient (Wildman–Crippen LogP) is 3.06. The predicted molar refractivity (Wildman–Crippen MR) is 88.8 cm³/mol. The number of hydrogen-bond acceptors (Lipinski definition) is 6. The number of hydrogen-bond donors (Lipinski definition) is 1. The first-order chi connectivity index (χ1) is 9.78. The summed E-state index contributed by atoms with van der Waals surface area (Å²) < 4.78 is 0. The molecule has 1 atom stereocenters. The summed E-state index contributed by atoms with van der Waals surface area (Å²) in [6, 6.07) is 2.71. The first-order valence-electron chi connectivity index (χ1n) is 7.07. The van der Waals surface area contributed by atoms with Crippen molar-refractivity contribution in [1.82, 2.24) is 14.9 Å². The molecule has 0 radical (unpaired) electrons. The summed E-state index contributed by atoms with van der Waals surface area (Å²) in [6.45, 7) is 7.27. The third kappa shape index (κ3) is 2.92. The molecular formula is C14H20N4S2. The number of aromatic nitrogens is 2. The van der Waals surface area contributed by atoms with Crippen molar-refractivity contribution in [3.8, 4) is 0 Å². The van der Waals surface area contributed by atoms with Crippen LogP contribution in [0.1, 0.15) is 19.7 Å². The second-order valence-corrected chi connectivity index (χ2v) is 7.10. The van der Waals surface area contributed by atoms with Crippen molar-refractivity contribution in [2.75, 3.05) is 29.9 Å². The van der Waals surface area contributed by atoms with Gasteiger partial charge in [-0.1, -0.05) is 0 Å². The molecule has 1 aliphatic rings. The number of thiophene rings is 1. The largest absolute Gasteiger partial charge is 0.370 e. The van der Waals surface area contributed by atoms with E-state index in [4.69, 9.17) is 9.97 Å². The monoisotopic (exact) mass is 308 g/mol. The van der Waals surface area contributed by atoms with E-state index in [9.17, 15) is 0 Å². The van der Waals surface area contributed by atoms with Crippen LogP contribution in [0.2, 0.25) is 0 Å². The van der Waals surface area contributed by atoms with Crippen molar-refractivity contribution in [1.29, 1.82) is 0 Å². The van der Waals surface area contributed by atoms with E-state index >= 15 is 0 Å². The molecule has 0 bridgehead atoms. The highest BCUT2D eigenvalue weighted by Crippen LogP contribution is 2.26. The van der Waals surface area contributed by atoms with Crippen LogP contribution in [0.4, 0.5) is 5.82 Å². The van der Waals surface area contributed by atoms with Gasteiger partial charge in [-0.15, -0.1) is 11.3 Å². The Labute approximate surface area is 128 Å². The molecule has 0 amide bonds. The molecule has 4 nitrogen and oxygen atoms in total. The molecule has 0 saturated carbocycles. The first-order valence-corrected chi connectivity index (χ1v) is 9.11. The molecule has 1 unspecified atom stereocenters. The van der Waals surface area contributed by atoms with Gasteiger partial charge in [0.15, 0.2) is 0 Å². The quantitative estimate of drug-likeness (QED) is 0.940. The van der Waals surface area contributed by atoms with Crippen LogP contribution in [0.15, 0.2) is 11.4 Å². The smallest absolute Gasteiger partial charge is 0.146 e. The third-order valence-electron chi connectivity index (χ3n) is 3.57. The first kappa shape index (κ1) is 14.1. The fourth-order valence-electron chi connectivity index (χ4n) is 2.45. The number of thioether (sulfide) groups is 1. The minimum atomic E-state index is 0.610. The van der Waals surface area contributed by atoms with Crippen LogP contribution in [0, 0.1) is 0 Å². The SMILES string of the molecule is CCNc1nc(CN2CCSCC2C)nc2sccc12. The van der Waals surface area contributed by atoms with E-state index in [0.29, 0.717) is 6.04 Å². The van der Waals surface area contributed by atoms with Gasteiger partial charge in [0, 0.05) is 30.6 Å². The average molecular weight is 308 g/mol. The summed E-state index contributed by atoms with van der Waals surface area (Å²) >= 11 is 3.73. The summed E-state index contributed by atoms with van der Waals surface area (Å²) in [5.74, 6) is 4.34. The van der Waals surface area contributed by atoms with Crippen LogP contribution in [0.5, 0.6) is 0 Å². The van der Waals surface area contributed by atoms with Crippen molar-refractivity contribution in [3.05, 3.63) is 17.3 Å². The Bertz CT molecular complexity index is 584. The van der Waals surface area contributed by atoms with E-state index in [1.165, 1.54) is 11.5 Å². The standard InChI is InChI=1S/C14H20N4S2/c1-3-15-13-11-4-6-20-14(11)17-12(16-13)8-18-5-7-19-9-10(18)2/h4,6,10H,3,5,7-9H2,1-2H3,(H,15,16,17). The van der Waals surface area contributed by atoms with E-state index in [1.54, 1.807) is 11.3 Å². The second-order valence-electron chi connectivity index (χ2n) is 5.05. The Morgan fingerprint density at radius 3 is 3.15 bits per heavy atom. The highest BCUT2D eigenvalue weighted by Gasteiger charge is 2.20. The normalized spacial score (nSPS) is 20.4. The van der Waals surface area contributed by atoms with Crippen molar-refractivity contribution in [2.45, 2.75) is 26.4 Å². The molecule has 1 N–H and O–H groups in total. The summed E-state index contributed by atoms with van der Waals surface area (Å²) in [7, 11) is 0. The number of nitrogens with zero attached hydrogens (tertiary/aromatic N) is 3. The molecule has 1 saturated heterocycles. The second kappa shape index (κ2) is 6.28. The molecule has 3 rings (SSSR count). The molecule has 1 fully saturated rings. The van der Waals surface area contributed by atoms with Gasteiger partial charge in [-0.05, 0) is 25.3 Å². The number of anilines is 1. The van der Waals surface area contributed by atoms with E-state index < -0.39 is 0 Å². The number of rotatable bonds is 4. The number of fused-ring (bicyclic) bond motifs is 1. The number of nitrogens with one attached hydrogen (secondary N) is 1. The van der Waals surface area contributed by atoms with E-state index in [0.717, 1.165) is 41.5 Å². The molecule has 0 aromatic carbocycles. The molecule has 6 heteroatoms. The summed E-state index contributed by atoms with van der Waals surface area (Å²) in [5, 5.41) is 6.59. The Morgan fingerprint density at radius 1 is 1.45 bits per heavy atom. The molecule has 0 aliphatic carbocycles.